The summed E-state index contributed by atoms with van der Waals surface area (Å²) >= 11 is 3.49. The molecule has 9 heteroatoms. The maximum Gasteiger partial charge on any atom is 0.166 e. The SMILES string of the molecule is CCn1ncc2c1-c1cnc(N)c(c1)O[C@H](C)c1cc(F)ccc1-n1nc(Br)cc1C2. The third kappa shape index (κ3) is 3.38. The van der Waals surface area contributed by atoms with Gasteiger partial charge in [-0.25, -0.2) is 14.1 Å². The van der Waals surface area contributed by atoms with Gasteiger partial charge in [0.1, 0.15) is 16.5 Å². The third-order valence-corrected chi connectivity index (χ3v) is 5.84. The maximum atomic E-state index is 14.2. The molecular formula is C22H20BrFN6O. The van der Waals surface area contributed by atoms with E-state index < -0.39 is 6.10 Å². The molecule has 7 nitrogen and oxygen atoms in total. The number of anilines is 1. The summed E-state index contributed by atoms with van der Waals surface area (Å²) < 4.78 is 24.8. The van der Waals surface area contributed by atoms with Gasteiger partial charge in [-0.05, 0) is 60.1 Å². The van der Waals surface area contributed by atoms with E-state index in [9.17, 15) is 4.39 Å². The molecule has 0 spiro atoms. The molecule has 31 heavy (non-hydrogen) atoms. The summed E-state index contributed by atoms with van der Waals surface area (Å²) in [4.78, 5) is 4.35. The molecule has 0 saturated heterocycles. The van der Waals surface area contributed by atoms with Crippen molar-refractivity contribution in [2.75, 3.05) is 5.73 Å². The number of aromatic nitrogens is 5. The Labute approximate surface area is 186 Å². The van der Waals surface area contributed by atoms with E-state index in [0.717, 1.165) is 28.2 Å². The van der Waals surface area contributed by atoms with Crippen LogP contribution in [0.2, 0.25) is 0 Å². The number of hydrogen-bond donors (Lipinski definition) is 1. The van der Waals surface area contributed by atoms with Gasteiger partial charge in [0.05, 0.1) is 17.6 Å². The average Bonchev–Trinajstić information content (AvgIpc) is 3.32. The van der Waals surface area contributed by atoms with Crippen molar-refractivity contribution in [1.82, 2.24) is 24.5 Å². The lowest BCUT2D eigenvalue weighted by Crippen LogP contribution is -2.13. The summed E-state index contributed by atoms with van der Waals surface area (Å²) in [6.07, 6.45) is 3.68. The number of benzene rings is 1. The summed E-state index contributed by atoms with van der Waals surface area (Å²) in [5.41, 5.74) is 11.3. The van der Waals surface area contributed by atoms with Gasteiger partial charge in [-0.1, -0.05) is 0 Å². The zero-order valence-electron chi connectivity index (χ0n) is 17.0. The monoisotopic (exact) mass is 482 g/mol. The van der Waals surface area contributed by atoms with Crippen LogP contribution in [0.25, 0.3) is 16.9 Å². The van der Waals surface area contributed by atoms with E-state index >= 15 is 0 Å². The summed E-state index contributed by atoms with van der Waals surface area (Å²) in [6, 6.07) is 8.45. The number of hydrogen-bond acceptors (Lipinski definition) is 5. The molecule has 2 bridgehead atoms. The molecule has 0 amide bonds. The molecule has 0 radical (unpaired) electrons. The quantitative estimate of drug-likeness (QED) is 0.425. The van der Waals surface area contributed by atoms with Gasteiger partial charge in [0.2, 0.25) is 0 Å². The van der Waals surface area contributed by atoms with Crippen LogP contribution in [-0.4, -0.2) is 24.5 Å². The van der Waals surface area contributed by atoms with E-state index in [-0.39, 0.29) is 11.6 Å². The van der Waals surface area contributed by atoms with Gasteiger partial charge in [-0.2, -0.15) is 10.2 Å². The highest BCUT2D eigenvalue weighted by Gasteiger charge is 2.23. The Hall–Kier alpha value is -3.20. The van der Waals surface area contributed by atoms with Crippen molar-refractivity contribution in [2.45, 2.75) is 32.9 Å². The first-order chi connectivity index (χ1) is 14.9. The second-order valence-electron chi connectivity index (χ2n) is 7.45. The molecule has 1 aliphatic rings. The molecule has 4 heterocycles. The lowest BCUT2D eigenvalue weighted by Gasteiger charge is -2.21. The Morgan fingerprint density at radius 2 is 2.10 bits per heavy atom. The standard InChI is InChI=1S/C22H20BrFN6O/c1-3-29-21-13(11-27-29)6-16-9-20(23)28-30(16)18-5-4-15(24)8-17(18)12(2)31-19-7-14(21)10-26-22(19)25/h4-5,7-12H,3,6H2,1-2H3,(H2,25,26)/t12-/m1/s1. The zero-order valence-corrected chi connectivity index (χ0v) is 18.6. The molecule has 4 aromatic rings. The number of nitrogens with two attached hydrogens (primary N) is 1. The van der Waals surface area contributed by atoms with Crippen LogP contribution in [0, 0.1) is 5.82 Å². The van der Waals surface area contributed by atoms with E-state index in [1.807, 2.05) is 41.5 Å². The number of nitrogens with zero attached hydrogens (tertiary/aromatic N) is 5. The number of rotatable bonds is 1. The molecule has 3 aromatic heterocycles. The molecule has 0 fully saturated rings. The highest BCUT2D eigenvalue weighted by atomic mass is 79.9. The van der Waals surface area contributed by atoms with E-state index in [1.165, 1.54) is 12.1 Å². The van der Waals surface area contributed by atoms with Crippen molar-refractivity contribution >= 4 is 21.7 Å². The van der Waals surface area contributed by atoms with Crippen molar-refractivity contribution in [3.8, 4) is 22.7 Å². The molecule has 0 aliphatic carbocycles. The van der Waals surface area contributed by atoms with Crippen molar-refractivity contribution in [3.63, 3.8) is 0 Å². The van der Waals surface area contributed by atoms with Crippen LogP contribution in [0.3, 0.4) is 0 Å². The molecule has 5 rings (SSSR count). The van der Waals surface area contributed by atoms with Gasteiger partial charge < -0.3 is 10.5 Å². The Bertz CT molecular complexity index is 1300. The Morgan fingerprint density at radius 1 is 1.26 bits per heavy atom. The fourth-order valence-corrected chi connectivity index (χ4v) is 4.44. The van der Waals surface area contributed by atoms with Crippen LogP contribution in [-0.2, 0) is 13.0 Å². The van der Waals surface area contributed by atoms with Crippen LogP contribution in [0.5, 0.6) is 5.75 Å². The molecule has 158 valence electrons. The fourth-order valence-electron chi connectivity index (χ4n) is 4.02. The number of pyridine rings is 1. The van der Waals surface area contributed by atoms with Gasteiger partial charge >= 0.3 is 0 Å². The third-order valence-electron chi connectivity index (χ3n) is 5.45. The second-order valence-corrected chi connectivity index (χ2v) is 8.26. The number of halogens is 2. The van der Waals surface area contributed by atoms with Gasteiger partial charge in [-0.15, -0.1) is 0 Å². The van der Waals surface area contributed by atoms with Crippen LogP contribution >= 0.6 is 15.9 Å². The Balaban J connectivity index is 1.81. The predicted molar refractivity (Wildman–Crippen MR) is 119 cm³/mol. The fraction of sp³-hybridized carbons (Fsp3) is 0.227. The lowest BCUT2D eigenvalue weighted by atomic mass is 10.0. The van der Waals surface area contributed by atoms with Crippen LogP contribution in [0.15, 0.2) is 47.3 Å². The van der Waals surface area contributed by atoms with Crippen LogP contribution in [0.1, 0.15) is 36.8 Å². The summed E-state index contributed by atoms with van der Waals surface area (Å²) in [5, 5.41) is 9.18. The molecule has 1 aromatic carbocycles. The highest BCUT2D eigenvalue weighted by molar-refractivity contribution is 9.10. The minimum atomic E-state index is -0.490. The molecule has 1 atom stereocenters. The van der Waals surface area contributed by atoms with Crippen molar-refractivity contribution in [2.24, 2.45) is 0 Å². The van der Waals surface area contributed by atoms with Crippen molar-refractivity contribution in [3.05, 3.63) is 70.0 Å². The van der Waals surface area contributed by atoms with Crippen LogP contribution < -0.4 is 10.5 Å². The van der Waals surface area contributed by atoms with E-state index in [2.05, 4.69) is 31.1 Å². The predicted octanol–water partition coefficient (Wildman–Crippen LogP) is 4.68. The minimum absolute atomic E-state index is 0.275. The van der Waals surface area contributed by atoms with E-state index in [0.29, 0.717) is 28.9 Å². The van der Waals surface area contributed by atoms with Gasteiger partial charge in [-0.3, -0.25) is 4.68 Å². The van der Waals surface area contributed by atoms with Gasteiger partial charge in [0.25, 0.3) is 0 Å². The lowest BCUT2D eigenvalue weighted by molar-refractivity contribution is 0.226. The minimum Gasteiger partial charge on any atom is -0.482 e. The summed E-state index contributed by atoms with van der Waals surface area (Å²) in [6.45, 7) is 4.60. The van der Waals surface area contributed by atoms with Gasteiger partial charge in [0, 0.05) is 41.5 Å². The smallest absolute Gasteiger partial charge is 0.166 e. The Kier molecular flexibility index (Phi) is 4.77. The molecule has 0 saturated carbocycles. The number of ether oxygens (including phenoxy) is 1. The first-order valence-electron chi connectivity index (χ1n) is 9.96. The molecular weight excluding hydrogens is 463 g/mol. The van der Waals surface area contributed by atoms with Gasteiger partial charge in [0.15, 0.2) is 11.6 Å². The first-order valence-corrected chi connectivity index (χ1v) is 10.8. The zero-order chi connectivity index (χ0) is 21.7. The highest BCUT2D eigenvalue weighted by Crippen LogP contribution is 2.36. The average molecular weight is 483 g/mol. The number of nitrogen functional groups attached to an aromatic ring is 1. The molecule has 2 N–H and O–H groups in total. The topological polar surface area (TPSA) is 83.8 Å². The summed E-state index contributed by atoms with van der Waals surface area (Å²) in [5.74, 6) is 0.370. The molecule has 0 unspecified atom stereocenters. The Morgan fingerprint density at radius 3 is 2.90 bits per heavy atom. The normalized spacial score (nSPS) is 15.2. The number of fused-ring (bicyclic) bond motifs is 7. The molecule has 1 aliphatic heterocycles. The van der Waals surface area contributed by atoms with Crippen LogP contribution in [0.4, 0.5) is 10.2 Å². The first kappa shape index (κ1) is 19.7. The van der Waals surface area contributed by atoms with Crippen molar-refractivity contribution in [1.29, 1.82) is 0 Å². The maximum absolute atomic E-state index is 14.2. The number of aryl methyl sites for hydroxylation is 1. The second kappa shape index (κ2) is 7.49. The summed E-state index contributed by atoms with van der Waals surface area (Å²) in [7, 11) is 0. The van der Waals surface area contributed by atoms with E-state index in [1.54, 1.807) is 12.3 Å². The van der Waals surface area contributed by atoms with Crippen molar-refractivity contribution < 1.29 is 9.13 Å². The van der Waals surface area contributed by atoms with E-state index in [4.69, 9.17) is 10.5 Å². The largest absolute Gasteiger partial charge is 0.482 e.